The normalized spacial score (nSPS) is 11.9. The number of hydrogen-bond acceptors (Lipinski definition) is 4. The first-order valence-corrected chi connectivity index (χ1v) is 15.0. The lowest BCUT2D eigenvalue weighted by atomic mass is 10.0. The molecule has 1 amide bonds. The van der Waals surface area contributed by atoms with Crippen LogP contribution in [0, 0.1) is 0 Å². The summed E-state index contributed by atoms with van der Waals surface area (Å²) in [7, 11) is 1.61. The van der Waals surface area contributed by atoms with Gasteiger partial charge in [-0.05, 0) is 86.3 Å². The van der Waals surface area contributed by atoms with Crippen LogP contribution in [0.1, 0.15) is 87.1 Å². The second-order valence-electron chi connectivity index (χ2n) is 10.5. The van der Waals surface area contributed by atoms with Gasteiger partial charge in [-0.3, -0.25) is 14.2 Å². The smallest absolute Gasteiger partial charge is 0.266 e. The molecule has 0 aliphatic rings. The average molecular weight is 574 g/mol. The number of halogens is 1. The quantitative estimate of drug-likeness (QED) is 0.151. The van der Waals surface area contributed by atoms with Crippen molar-refractivity contribution in [3.05, 3.63) is 99.1 Å². The van der Waals surface area contributed by atoms with E-state index in [1.165, 1.54) is 5.56 Å². The van der Waals surface area contributed by atoms with Crippen molar-refractivity contribution in [1.82, 2.24) is 14.5 Å². The molecule has 0 N–H and O–H groups in total. The molecule has 0 saturated heterocycles. The van der Waals surface area contributed by atoms with E-state index in [4.69, 9.17) is 21.3 Å². The molecule has 0 radical (unpaired) electrons. The zero-order valence-electron chi connectivity index (χ0n) is 24.5. The summed E-state index contributed by atoms with van der Waals surface area (Å²) in [6.07, 6.45) is 7.34. The van der Waals surface area contributed by atoms with Gasteiger partial charge in [0.05, 0.1) is 29.7 Å². The fourth-order valence-corrected chi connectivity index (χ4v) is 5.28. The van der Waals surface area contributed by atoms with Gasteiger partial charge in [0.2, 0.25) is 0 Å². The Morgan fingerprint density at radius 1 is 0.951 bits per heavy atom. The van der Waals surface area contributed by atoms with Gasteiger partial charge >= 0.3 is 0 Å². The number of benzene rings is 3. The maximum atomic E-state index is 14.1. The highest BCUT2D eigenvalue weighted by Crippen LogP contribution is 2.27. The number of nitrogens with zero attached hydrogens (tertiary/aromatic N) is 3. The topological polar surface area (TPSA) is 64.4 Å². The van der Waals surface area contributed by atoms with Crippen LogP contribution in [0.15, 0.2) is 71.5 Å². The van der Waals surface area contributed by atoms with E-state index in [-0.39, 0.29) is 11.5 Å². The van der Waals surface area contributed by atoms with Gasteiger partial charge in [-0.15, -0.1) is 0 Å². The summed E-state index contributed by atoms with van der Waals surface area (Å²) in [5.41, 5.74) is 2.81. The number of fused-ring (bicyclic) bond motifs is 1. The van der Waals surface area contributed by atoms with Crippen molar-refractivity contribution in [3.8, 4) is 11.4 Å². The van der Waals surface area contributed by atoms with E-state index in [0.29, 0.717) is 45.3 Å². The summed E-state index contributed by atoms with van der Waals surface area (Å²) in [6.45, 7) is 6.86. The molecule has 1 heterocycles. The molecule has 0 saturated carbocycles. The number of rotatable bonds is 13. The number of carbonyl (C=O) groups excluding carboxylic acids is 1. The van der Waals surface area contributed by atoms with Gasteiger partial charge in [0.1, 0.15) is 11.6 Å². The summed E-state index contributed by atoms with van der Waals surface area (Å²) in [5.74, 6) is 1.10. The molecule has 0 fully saturated rings. The minimum Gasteiger partial charge on any atom is -0.497 e. The number of amides is 1. The Kier molecular flexibility index (Phi) is 10.6. The summed E-state index contributed by atoms with van der Waals surface area (Å²) in [4.78, 5) is 34.8. The molecular formula is C34H40ClN3O3. The summed E-state index contributed by atoms with van der Waals surface area (Å²) >= 11 is 6.30. The van der Waals surface area contributed by atoms with Crippen LogP contribution in [0.2, 0.25) is 5.02 Å². The molecule has 216 valence electrons. The second kappa shape index (κ2) is 14.3. The van der Waals surface area contributed by atoms with E-state index in [9.17, 15) is 9.59 Å². The third kappa shape index (κ3) is 7.17. The van der Waals surface area contributed by atoms with Crippen LogP contribution in [-0.4, -0.2) is 34.0 Å². The van der Waals surface area contributed by atoms with Crippen molar-refractivity contribution in [2.24, 2.45) is 0 Å². The van der Waals surface area contributed by atoms with Gasteiger partial charge in [-0.25, -0.2) is 4.98 Å². The third-order valence-corrected chi connectivity index (χ3v) is 7.80. The second-order valence-corrected chi connectivity index (χ2v) is 10.9. The monoisotopic (exact) mass is 573 g/mol. The molecule has 3 aromatic carbocycles. The maximum absolute atomic E-state index is 14.1. The number of methoxy groups -OCH3 is 1. The predicted octanol–water partition coefficient (Wildman–Crippen LogP) is 8.17. The van der Waals surface area contributed by atoms with Crippen molar-refractivity contribution in [2.75, 3.05) is 13.7 Å². The SMILES string of the molecule is CCCCCCN(C(=O)c1ccc(CCCC)cc1)C(C)c1nc2cc(Cl)ccc2c(=O)n1-c1ccc(OC)cc1. The van der Waals surface area contributed by atoms with Gasteiger partial charge in [0.15, 0.2) is 0 Å². The highest BCUT2D eigenvalue weighted by molar-refractivity contribution is 6.31. The van der Waals surface area contributed by atoms with Gasteiger partial charge in [-0.2, -0.15) is 0 Å². The van der Waals surface area contributed by atoms with Crippen LogP contribution in [0.5, 0.6) is 5.75 Å². The first-order chi connectivity index (χ1) is 19.9. The van der Waals surface area contributed by atoms with E-state index in [2.05, 4.69) is 13.8 Å². The third-order valence-electron chi connectivity index (χ3n) is 7.56. The molecule has 4 rings (SSSR count). The van der Waals surface area contributed by atoms with E-state index >= 15 is 0 Å². The fraction of sp³-hybridized carbons (Fsp3) is 0.382. The van der Waals surface area contributed by atoms with E-state index in [1.54, 1.807) is 29.9 Å². The van der Waals surface area contributed by atoms with Gasteiger partial charge in [-0.1, -0.05) is 63.3 Å². The van der Waals surface area contributed by atoms with Crippen LogP contribution in [0.4, 0.5) is 0 Å². The van der Waals surface area contributed by atoms with E-state index in [0.717, 1.165) is 44.9 Å². The van der Waals surface area contributed by atoms with Crippen molar-refractivity contribution < 1.29 is 9.53 Å². The first kappa shape index (κ1) is 30.3. The molecule has 41 heavy (non-hydrogen) atoms. The minimum atomic E-state index is -0.484. The minimum absolute atomic E-state index is 0.0715. The van der Waals surface area contributed by atoms with Crippen LogP contribution in [-0.2, 0) is 6.42 Å². The van der Waals surface area contributed by atoms with Gasteiger partial charge in [0, 0.05) is 17.1 Å². The molecule has 0 aliphatic carbocycles. The fourth-order valence-electron chi connectivity index (χ4n) is 5.12. The molecule has 7 heteroatoms. The lowest BCUT2D eigenvalue weighted by molar-refractivity contribution is 0.0677. The van der Waals surface area contributed by atoms with E-state index in [1.807, 2.05) is 60.4 Å². The average Bonchev–Trinajstić information content (AvgIpc) is 2.99. The zero-order valence-corrected chi connectivity index (χ0v) is 25.3. The van der Waals surface area contributed by atoms with Crippen LogP contribution >= 0.6 is 11.6 Å². The molecule has 4 aromatic rings. The predicted molar refractivity (Wildman–Crippen MR) is 168 cm³/mol. The number of unbranched alkanes of at least 4 members (excludes halogenated alkanes) is 4. The highest BCUT2D eigenvalue weighted by Gasteiger charge is 2.27. The maximum Gasteiger partial charge on any atom is 0.266 e. The Balaban J connectivity index is 1.81. The molecular weight excluding hydrogens is 534 g/mol. The van der Waals surface area contributed by atoms with E-state index < -0.39 is 6.04 Å². The van der Waals surface area contributed by atoms with Crippen molar-refractivity contribution in [3.63, 3.8) is 0 Å². The lowest BCUT2D eigenvalue weighted by Gasteiger charge is -2.31. The Bertz CT molecular complexity index is 1510. The van der Waals surface area contributed by atoms with Crippen LogP contribution < -0.4 is 10.3 Å². The molecule has 1 aromatic heterocycles. The molecule has 1 unspecified atom stereocenters. The number of aryl methyl sites for hydroxylation is 1. The Morgan fingerprint density at radius 2 is 1.66 bits per heavy atom. The van der Waals surface area contributed by atoms with Gasteiger partial charge in [0.25, 0.3) is 11.5 Å². The molecule has 0 spiro atoms. The number of carbonyl (C=O) groups is 1. The summed E-state index contributed by atoms with van der Waals surface area (Å²) < 4.78 is 6.95. The molecule has 1 atom stereocenters. The molecule has 0 aliphatic heterocycles. The van der Waals surface area contributed by atoms with Crippen molar-refractivity contribution >= 4 is 28.4 Å². The number of ether oxygens (including phenoxy) is 1. The van der Waals surface area contributed by atoms with Crippen LogP contribution in [0.3, 0.4) is 0 Å². The Morgan fingerprint density at radius 3 is 2.32 bits per heavy atom. The Hall–Kier alpha value is -3.64. The lowest BCUT2D eigenvalue weighted by Crippen LogP contribution is -2.38. The number of hydrogen-bond donors (Lipinski definition) is 0. The Labute approximate surface area is 247 Å². The van der Waals surface area contributed by atoms with Crippen molar-refractivity contribution in [1.29, 1.82) is 0 Å². The highest BCUT2D eigenvalue weighted by atomic mass is 35.5. The molecule has 0 bridgehead atoms. The number of aromatic nitrogens is 2. The molecule has 6 nitrogen and oxygen atoms in total. The van der Waals surface area contributed by atoms with Crippen LogP contribution in [0.25, 0.3) is 16.6 Å². The first-order valence-electron chi connectivity index (χ1n) is 14.6. The standard InChI is InChI=1S/C34H40ClN3O3/c1-5-7-9-10-22-37(33(39)26-14-12-25(13-15-26)11-8-6-2)24(3)32-36-31-23-27(35)16-21-30(31)34(40)38(32)28-17-19-29(41-4)20-18-28/h12-21,23-24H,5-11,22H2,1-4H3. The summed E-state index contributed by atoms with van der Waals surface area (Å²) in [6, 6.07) is 19.9. The zero-order chi connectivity index (χ0) is 29.4. The summed E-state index contributed by atoms with van der Waals surface area (Å²) in [5, 5.41) is 0.963. The van der Waals surface area contributed by atoms with Gasteiger partial charge < -0.3 is 9.64 Å². The largest absolute Gasteiger partial charge is 0.497 e. The van der Waals surface area contributed by atoms with Crippen molar-refractivity contribution in [2.45, 2.75) is 71.8 Å².